The molecule has 2 rings (SSSR count). The number of nitrogens with zero attached hydrogens (tertiary/aromatic N) is 1. The van der Waals surface area contributed by atoms with Crippen LogP contribution in [-0.2, 0) is 0 Å². The number of rotatable bonds is 6. The molecule has 1 heterocycles. The van der Waals surface area contributed by atoms with Gasteiger partial charge in [-0.15, -0.1) is 0 Å². The van der Waals surface area contributed by atoms with Gasteiger partial charge in [-0.05, 0) is 38.1 Å². The van der Waals surface area contributed by atoms with Gasteiger partial charge in [0.15, 0.2) is 11.5 Å². The molecule has 1 aromatic carbocycles. The summed E-state index contributed by atoms with van der Waals surface area (Å²) in [5, 5.41) is 3.08. The van der Waals surface area contributed by atoms with E-state index in [-0.39, 0.29) is 23.4 Å². The molecule has 1 unspecified atom stereocenters. The summed E-state index contributed by atoms with van der Waals surface area (Å²) in [6.45, 7) is -1.51. The molecule has 0 aromatic heterocycles. The molecule has 1 aliphatic heterocycles. The quantitative estimate of drug-likeness (QED) is 0.874. The second-order valence-corrected chi connectivity index (χ2v) is 5.10. The summed E-state index contributed by atoms with van der Waals surface area (Å²) < 4.78 is 34.0. The molecule has 1 saturated heterocycles. The summed E-state index contributed by atoms with van der Waals surface area (Å²) in [6.07, 6.45) is 1.91. The molecule has 0 radical (unpaired) electrons. The zero-order valence-corrected chi connectivity index (χ0v) is 12.6. The maximum Gasteiger partial charge on any atom is 0.387 e. The predicted octanol–water partition coefficient (Wildman–Crippen LogP) is 2.12. The first-order valence-corrected chi connectivity index (χ1v) is 7.15. The minimum atomic E-state index is -2.94. The van der Waals surface area contributed by atoms with Gasteiger partial charge in [-0.1, -0.05) is 0 Å². The number of nitrogens with one attached hydrogen (secondary N) is 1. The molecule has 5 nitrogen and oxygen atoms in total. The average molecular weight is 314 g/mol. The molecule has 1 aliphatic rings. The Kier molecular flexibility index (Phi) is 5.54. The standard InChI is InChI=1S/C15H20F2N2O3/c1-18-9-11-4-3-7-19(11)14(20)10-5-6-12(22-15(16)17)13(8-10)21-2/h5-6,8,11,15,18H,3-4,7,9H2,1-2H3. The van der Waals surface area contributed by atoms with Crippen molar-refractivity contribution >= 4 is 5.91 Å². The van der Waals surface area contributed by atoms with Gasteiger partial charge in [0, 0.05) is 24.7 Å². The van der Waals surface area contributed by atoms with E-state index in [0.717, 1.165) is 19.4 Å². The first-order chi connectivity index (χ1) is 10.6. The van der Waals surface area contributed by atoms with Crippen LogP contribution < -0.4 is 14.8 Å². The molecule has 0 spiro atoms. The molecule has 122 valence electrons. The Bertz CT molecular complexity index is 526. The molecule has 1 N–H and O–H groups in total. The van der Waals surface area contributed by atoms with Crippen LogP contribution in [0.25, 0.3) is 0 Å². The van der Waals surface area contributed by atoms with Gasteiger partial charge in [-0.3, -0.25) is 4.79 Å². The molecule has 0 saturated carbocycles. The Morgan fingerprint density at radius 3 is 2.86 bits per heavy atom. The number of amides is 1. The van der Waals surface area contributed by atoms with Gasteiger partial charge < -0.3 is 19.7 Å². The van der Waals surface area contributed by atoms with E-state index in [4.69, 9.17) is 4.74 Å². The van der Waals surface area contributed by atoms with E-state index in [0.29, 0.717) is 12.1 Å². The maximum atomic E-state index is 12.6. The van der Waals surface area contributed by atoms with Crippen molar-refractivity contribution < 1.29 is 23.0 Å². The van der Waals surface area contributed by atoms with Crippen molar-refractivity contribution in [2.75, 3.05) is 27.2 Å². The van der Waals surface area contributed by atoms with Crippen molar-refractivity contribution in [1.29, 1.82) is 0 Å². The van der Waals surface area contributed by atoms with Crippen LogP contribution in [0.2, 0.25) is 0 Å². The van der Waals surface area contributed by atoms with Crippen molar-refractivity contribution in [3.8, 4) is 11.5 Å². The number of carbonyl (C=O) groups is 1. The van der Waals surface area contributed by atoms with Crippen molar-refractivity contribution in [2.24, 2.45) is 0 Å². The number of carbonyl (C=O) groups excluding carboxylic acids is 1. The Balaban J connectivity index is 2.19. The van der Waals surface area contributed by atoms with Crippen molar-refractivity contribution in [3.63, 3.8) is 0 Å². The number of likely N-dealkylation sites (tertiary alicyclic amines) is 1. The molecule has 7 heteroatoms. The van der Waals surface area contributed by atoms with Crippen LogP contribution in [0.15, 0.2) is 18.2 Å². The van der Waals surface area contributed by atoms with Gasteiger partial charge in [-0.2, -0.15) is 8.78 Å². The number of ether oxygens (including phenoxy) is 2. The summed E-state index contributed by atoms with van der Waals surface area (Å²) in [5.41, 5.74) is 0.404. The SMILES string of the molecule is CNCC1CCCN1C(=O)c1ccc(OC(F)F)c(OC)c1. The van der Waals surface area contributed by atoms with E-state index in [1.165, 1.54) is 25.3 Å². The number of methoxy groups -OCH3 is 1. The van der Waals surface area contributed by atoms with Gasteiger partial charge in [0.25, 0.3) is 5.91 Å². The Hall–Kier alpha value is -1.89. The largest absolute Gasteiger partial charge is 0.493 e. The Labute approximate surface area is 128 Å². The minimum Gasteiger partial charge on any atom is -0.493 e. The third-order valence-electron chi connectivity index (χ3n) is 3.70. The number of alkyl halides is 2. The first-order valence-electron chi connectivity index (χ1n) is 7.15. The molecular weight excluding hydrogens is 294 g/mol. The van der Waals surface area contributed by atoms with Crippen LogP contribution in [-0.4, -0.2) is 50.7 Å². The van der Waals surface area contributed by atoms with Gasteiger partial charge >= 0.3 is 6.61 Å². The van der Waals surface area contributed by atoms with Gasteiger partial charge in [-0.25, -0.2) is 0 Å². The van der Waals surface area contributed by atoms with Crippen LogP contribution in [0.5, 0.6) is 11.5 Å². The zero-order chi connectivity index (χ0) is 16.1. The summed E-state index contributed by atoms with van der Waals surface area (Å²) in [6, 6.07) is 4.41. The van der Waals surface area contributed by atoms with Crippen molar-refractivity contribution in [1.82, 2.24) is 10.2 Å². The number of benzene rings is 1. The van der Waals surface area contributed by atoms with Gasteiger partial charge in [0.1, 0.15) is 0 Å². The Morgan fingerprint density at radius 2 is 2.23 bits per heavy atom. The number of hydrogen-bond acceptors (Lipinski definition) is 4. The highest BCUT2D eigenvalue weighted by atomic mass is 19.3. The van der Waals surface area contributed by atoms with Crippen LogP contribution in [0.1, 0.15) is 23.2 Å². The Morgan fingerprint density at radius 1 is 1.45 bits per heavy atom. The molecule has 1 amide bonds. The fourth-order valence-corrected chi connectivity index (χ4v) is 2.71. The number of likely N-dealkylation sites (N-methyl/N-ethyl adjacent to an activating group) is 1. The average Bonchev–Trinajstić information content (AvgIpc) is 2.95. The number of halogens is 2. The third kappa shape index (κ3) is 3.65. The second-order valence-electron chi connectivity index (χ2n) is 5.10. The fourth-order valence-electron chi connectivity index (χ4n) is 2.71. The fraction of sp³-hybridized carbons (Fsp3) is 0.533. The van der Waals surface area contributed by atoms with E-state index >= 15 is 0 Å². The monoisotopic (exact) mass is 314 g/mol. The second kappa shape index (κ2) is 7.40. The highest BCUT2D eigenvalue weighted by molar-refractivity contribution is 5.95. The summed E-state index contributed by atoms with van der Waals surface area (Å²) >= 11 is 0. The molecule has 0 bridgehead atoms. The maximum absolute atomic E-state index is 12.6. The van der Waals surface area contributed by atoms with Gasteiger partial charge in [0.2, 0.25) is 0 Å². The normalized spacial score (nSPS) is 17.9. The van der Waals surface area contributed by atoms with Crippen molar-refractivity contribution in [2.45, 2.75) is 25.5 Å². The molecule has 1 atom stereocenters. The smallest absolute Gasteiger partial charge is 0.387 e. The molecule has 0 aliphatic carbocycles. The van der Waals surface area contributed by atoms with Crippen LogP contribution >= 0.6 is 0 Å². The lowest BCUT2D eigenvalue weighted by atomic mass is 10.1. The topological polar surface area (TPSA) is 50.8 Å². The molecule has 22 heavy (non-hydrogen) atoms. The zero-order valence-electron chi connectivity index (χ0n) is 12.6. The summed E-state index contributed by atoms with van der Waals surface area (Å²) in [7, 11) is 3.20. The highest BCUT2D eigenvalue weighted by Crippen LogP contribution is 2.30. The lowest BCUT2D eigenvalue weighted by molar-refractivity contribution is -0.0512. The van der Waals surface area contributed by atoms with Crippen LogP contribution in [0.4, 0.5) is 8.78 Å². The van der Waals surface area contributed by atoms with E-state index < -0.39 is 6.61 Å². The van der Waals surface area contributed by atoms with E-state index in [1.54, 1.807) is 4.90 Å². The molecule has 1 fully saturated rings. The van der Waals surface area contributed by atoms with E-state index in [2.05, 4.69) is 10.1 Å². The van der Waals surface area contributed by atoms with E-state index in [9.17, 15) is 13.6 Å². The lowest BCUT2D eigenvalue weighted by Gasteiger charge is -2.25. The summed E-state index contributed by atoms with van der Waals surface area (Å²) in [4.78, 5) is 14.4. The lowest BCUT2D eigenvalue weighted by Crippen LogP contribution is -2.40. The highest BCUT2D eigenvalue weighted by Gasteiger charge is 2.29. The predicted molar refractivity (Wildman–Crippen MR) is 77.6 cm³/mol. The van der Waals surface area contributed by atoms with E-state index in [1.807, 2.05) is 7.05 Å². The van der Waals surface area contributed by atoms with Crippen LogP contribution in [0, 0.1) is 0 Å². The molecular formula is C15H20F2N2O3. The minimum absolute atomic E-state index is 0.0813. The number of hydrogen-bond donors (Lipinski definition) is 1. The van der Waals surface area contributed by atoms with Crippen molar-refractivity contribution in [3.05, 3.63) is 23.8 Å². The molecule has 1 aromatic rings. The van der Waals surface area contributed by atoms with Crippen LogP contribution in [0.3, 0.4) is 0 Å². The summed E-state index contributed by atoms with van der Waals surface area (Å²) in [5.74, 6) is -0.0857. The first kappa shape index (κ1) is 16.5. The van der Waals surface area contributed by atoms with Gasteiger partial charge in [0.05, 0.1) is 7.11 Å². The third-order valence-corrected chi connectivity index (χ3v) is 3.70.